The summed E-state index contributed by atoms with van der Waals surface area (Å²) in [5.74, 6) is -6.82. The highest BCUT2D eigenvalue weighted by molar-refractivity contribution is 5.88. The molecule has 22 heteroatoms. The van der Waals surface area contributed by atoms with E-state index < -0.39 is 53.8 Å². The van der Waals surface area contributed by atoms with Gasteiger partial charge in [-0.1, -0.05) is 135 Å². The first kappa shape index (κ1) is 83.4. The Morgan fingerprint density at radius 2 is 0.753 bits per heavy atom. The van der Waals surface area contributed by atoms with Crippen LogP contribution in [0.2, 0.25) is 0 Å². The summed E-state index contributed by atoms with van der Waals surface area (Å²) in [7, 11) is 0. The first-order valence-electron chi connectivity index (χ1n) is 34.1. The number of hydrogen-bond acceptors (Lipinski definition) is 14. The summed E-state index contributed by atoms with van der Waals surface area (Å²) < 4.78 is 0. The summed E-state index contributed by atoms with van der Waals surface area (Å²) in [6, 6.07) is -2.62. The number of carbonyl (C=O) groups is 12. The van der Waals surface area contributed by atoms with Crippen LogP contribution < -0.4 is 32.7 Å². The van der Waals surface area contributed by atoms with Crippen molar-refractivity contribution in [2.75, 3.05) is 19.6 Å². The van der Waals surface area contributed by atoms with Crippen LogP contribution in [0.25, 0.3) is 0 Å². The molecule has 0 spiro atoms. The van der Waals surface area contributed by atoms with Crippen LogP contribution in [-0.4, -0.2) is 129 Å². The molecule has 0 aromatic heterocycles. The minimum absolute atomic E-state index is 0. The van der Waals surface area contributed by atoms with E-state index in [2.05, 4.69) is 21.3 Å². The van der Waals surface area contributed by atoms with Gasteiger partial charge in [-0.15, -0.1) is 0 Å². The average Bonchev–Trinajstić information content (AvgIpc) is 3.58. The van der Waals surface area contributed by atoms with Gasteiger partial charge in [-0.2, -0.15) is 0 Å². The average molecular weight is 1270 g/mol. The first-order chi connectivity index (χ1) is 42.5. The SMILES string of the molecule is CC(=O)[C@H](CCCCNC(=O)[C@@H](N)CCCCCC(=O)CC[C@H](CC(=O)CCCCCCCCCCCCC(=O)O)C(=O)O)CC(=O)[C@@H](C)CCCCNC(=O)[C@@H](N)CCCCNC(=O)CC[C@H](NC(=O)CCCCCCCCCCCCC(=O)O)C(=O)O.[HH].[HH]. The number of carbonyl (C=O) groups excluding carboxylic acids is 8. The molecular formula is C67H122N6O16. The number of unbranched alkanes of at least 4 members (excludes halogenated alkanes) is 23. The van der Waals surface area contributed by atoms with E-state index in [0.717, 1.165) is 116 Å². The number of rotatable bonds is 64. The smallest absolute Gasteiger partial charge is 0.326 e. The van der Waals surface area contributed by atoms with Crippen LogP contribution in [0.1, 0.15) is 299 Å². The normalized spacial score (nSPS) is 13.3. The third kappa shape index (κ3) is 50.8. The van der Waals surface area contributed by atoms with Crippen LogP contribution in [0.4, 0.5) is 0 Å². The summed E-state index contributed by atoms with van der Waals surface area (Å²) in [6.45, 7) is 4.41. The molecule has 0 aliphatic heterocycles. The Balaban J connectivity index is -0.0000387. The Kier molecular flexibility index (Phi) is 51.7. The van der Waals surface area contributed by atoms with Crippen LogP contribution >= 0.6 is 0 Å². The van der Waals surface area contributed by atoms with Gasteiger partial charge < -0.3 is 53.2 Å². The van der Waals surface area contributed by atoms with Crippen molar-refractivity contribution in [3.05, 3.63) is 0 Å². The zero-order valence-corrected chi connectivity index (χ0v) is 54.5. The molecular weight excluding hydrogens is 1140 g/mol. The second-order valence-corrected chi connectivity index (χ2v) is 24.8. The summed E-state index contributed by atoms with van der Waals surface area (Å²) in [4.78, 5) is 145. The third-order valence-electron chi connectivity index (χ3n) is 16.7. The van der Waals surface area contributed by atoms with E-state index in [4.69, 9.17) is 21.7 Å². The largest absolute Gasteiger partial charge is 0.481 e. The number of carboxylic acids is 4. The minimum atomic E-state index is -1.20. The molecule has 0 aromatic carbocycles. The van der Waals surface area contributed by atoms with Crippen molar-refractivity contribution < 1.29 is 80.8 Å². The highest BCUT2D eigenvalue weighted by Crippen LogP contribution is 2.22. The molecule has 4 amide bonds. The van der Waals surface area contributed by atoms with Gasteiger partial charge in [0.2, 0.25) is 23.6 Å². The van der Waals surface area contributed by atoms with Crippen molar-refractivity contribution in [3.8, 4) is 0 Å². The number of Topliss-reactive ketones (excluding diaryl/α,β-unsaturated/α-hetero) is 4. The predicted molar refractivity (Wildman–Crippen MR) is 347 cm³/mol. The maximum Gasteiger partial charge on any atom is 0.326 e. The fourth-order valence-electron chi connectivity index (χ4n) is 10.7. The number of ketones is 4. The monoisotopic (exact) mass is 1270 g/mol. The van der Waals surface area contributed by atoms with Gasteiger partial charge in [0.15, 0.2) is 0 Å². The molecule has 89 heavy (non-hydrogen) atoms. The van der Waals surface area contributed by atoms with Crippen molar-refractivity contribution in [1.29, 1.82) is 0 Å². The summed E-state index contributed by atoms with van der Waals surface area (Å²) in [5, 5.41) is 47.6. The first-order valence-corrected chi connectivity index (χ1v) is 34.1. The molecule has 6 atom stereocenters. The number of hydrogen-bond donors (Lipinski definition) is 10. The third-order valence-corrected chi connectivity index (χ3v) is 16.7. The van der Waals surface area contributed by atoms with Gasteiger partial charge >= 0.3 is 23.9 Å². The highest BCUT2D eigenvalue weighted by Gasteiger charge is 2.25. The van der Waals surface area contributed by atoms with Crippen molar-refractivity contribution in [2.45, 2.75) is 314 Å². The zero-order valence-electron chi connectivity index (χ0n) is 54.5. The standard InChI is InChI=1S/C67H118N6O16.2H2/c1-50(32-26-29-46-71-65(85)57(69)37-28-31-45-70-60(78)44-43-58(67(88)89)73-61(79)38-23-16-12-8-4-6-10-14-18-25-40-63(82)83)59(77)49-52(51(2)74)33-27-30-47-72-64(84)56(68)36-22-19-21-34-54(75)42-41-53(66(86)87)48-55(76)35-20-15-11-7-3-5-9-13-17-24-39-62(80)81;;/h50,52-53,56-58H,3-49,68-69H2,1-2H3,(H,70,78)(H,71,85)(H,72,84)(H,73,79)(H,80,81)(H,82,83)(H,86,87)(H,88,89);2*1H/t50-,52+,53+,56-,57-,58-;;/m0../s1. The molecule has 0 radical (unpaired) electrons. The summed E-state index contributed by atoms with van der Waals surface area (Å²) in [6.07, 6.45) is 28.3. The molecule has 0 aromatic rings. The molecule has 0 fully saturated rings. The van der Waals surface area contributed by atoms with E-state index in [-0.39, 0.29) is 120 Å². The molecule has 516 valence electrons. The van der Waals surface area contributed by atoms with Crippen molar-refractivity contribution in [2.24, 2.45) is 29.2 Å². The van der Waals surface area contributed by atoms with Crippen LogP contribution in [-0.2, 0) is 57.5 Å². The van der Waals surface area contributed by atoms with Gasteiger partial charge in [0.1, 0.15) is 29.2 Å². The van der Waals surface area contributed by atoms with E-state index >= 15 is 0 Å². The zero-order chi connectivity index (χ0) is 66.5. The predicted octanol–water partition coefficient (Wildman–Crippen LogP) is 10.6. The fourth-order valence-corrected chi connectivity index (χ4v) is 10.7. The Morgan fingerprint density at radius 1 is 0.360 bits per heavy atom. The minimum Gasteiger partial charge on any atom is -0.481 e. The van der Waals surface area contributed by atoms with Crippen LogP contribution in [0, 0.1) is 17.8 Å². The van der Waals surface area contributed by atoms with E-state index in [1.165, 1.54) is 6.92 Å². The number of amides is 4. The van der Waals surface area contributed by atoms with Crippen LogP contribution in [0.5, 0.6) is 0 Å². The lowest BCUT2D eigenvalue weighted by Gasteiger charge is -2.17. The highest BCUT2D eigenvalue weighted by atomic mass is 16.4. The maximum absolute atomic E-state index is 13.1. The lowest BCUT2D eigenvalue weighted by Crippen LogP contribution is -2.41. The topological polar surface area (TPSA) is 386 Å². The molecule has 0 unspecified atom stereocenters. The van der Waals surface area contributed by atoms with Crippen LogP contribution in [0.15, 0.2) is 0 Å². The van der Waals surface area contributed by atoms with Gasteiger partial charge in [0.25, 0.3) is 0 Å². The van der Waals surface area contributed by atoms with E-state index in [0.29, 0.717) is 122 Å². The second-order valence-electron chi connectivity index (χ2n) is 24.8. The molecule has 0 aliphatic carbocycles. The Bertz CT molecular complexity index is 2070. The van der Waals surface area contributed by atoms with Crippen molar-refractivity contribution >= 4 is 70.6 Å². The van der Waals surface area contributed by atoms with Gasteiger partial charge in [0.05, 0.1) is 18.0 Å². The molecule has 0 rings (SSSR count). The Morgan fingerprint density at radius 3 is 1.20 bits per heavy atom. The van der Waals surface area contributed by atoms with E-state index in [1.807, 2.05) is 6.92 Å². The molecule has 22 nitrogen and oxygen atoms in total. The maximum atomic E-state index is 13.1. The molecule has 12 N–H and O–H groups in total. The van der Waals surface area contributed by atoms with E-state index in [1.54, 1.807) is 0 Å². The molecule has 0 aliphatic rings. The second kappa shape index (κ2) is 55.2. The van der Waals surface area contributed by atoms with Gasteiger partial charge in [-0.05, 0) is 103 Å². The number of carboxylic acid groups (broad SMARTS) is 4. The quantitative estimate of drug-likeness (QED) is 0.0253. The number of aliphatic carboxylic acids is 4. The molecule has 0 heterocycles. The van der Waals surface area contributed by atoms with Gasteiger partial charge in [-0.25, -0.2) is 4.79 Å². The summed E-state index contributed by atoms with van der Waals surface area (Å²) >= 11 is 0. The fraction of sp³-hybridized carbons (Fsp3) is 0.821. The number of nitrogens with two attached hydrogens (primary N) is 2. The lowest BCUT2D eigenvalue weighted by molar-refractivity contribution is -0.144. The molecule has 0 saturated carbocycles. The number of nitrogens with one attached hydrogen (secondary N) is 4. The lowest BCUT2D eigenvalue weighted by atomic mass is 9.87. The van der Waals surface area contributed by atoms with Gasteiger partial charge in [-0.3, -0.25) is 52.7 Å². The molecule has 0 bridgehead atoms. The van der Waals surface area contributed by atoms with Crippen LogP contribution in [0.3, 0.4) is 0 Å². The Labute approximate surface area is 534 Å². The van der Waals surface area contributed by atoms with E-state index in [9.17, 15) is 67.7 Å². The van der Waals surface area contributed by atoms with Crippen molar-refractivity contribution in [1.82, 2.24) is 21.3 Å². The Hall–Kier alpha value is -5.64. The van der Waals surface area contributed by atoms with Crippen molar-refractivity contribution in [3.63, 3.8) is 0 Å². The molecule has 0 saturated heterocycles. The van der Waals surface area contributed by atoms with Gasteiger partial charge in [0, 0.05) is 92.1 Å². The summed E-state index contributed by atoms with van der Waals surface area (Å²) in [5.41, 5.74) is 12.2.